The highest BCUT2D eigenvalue weighted by atomic mass is 16.4. The van der Waals surface area contributed by atoms with Crippen LogP contribution in [-0.2, 0) is 11.3 Å². The quantitative estimate of drug-likeness (QED) is 0.827. The van der Waals surface area contributed by atoms with Gasteiger partial charge in [-0.3, -0.25) is 14.4 Å². The third-order valence-corrected chi connectivity index (χ3v) is 3.54. The van der Waals surface area contributed by atoms with Crippen LogP contribution in [0.25, 0.3) is 0 Å². The normalized spacial score (nSPS) is 11.1. The van der Waals surface area contributed by atoms with Gasteiger partial charge in [0.1, 0.15) is 5.69 Å². The molecule has 126 valence electrons. The molecule has 0 aliphatic heterocycles. The zero-order valence-corrected chi connectivity index (χ0v) is 13.5. The lowest BCUT2D eigenvalue weighted by Crippen LogP contribution is -2.39. The number of aliphatic carboxylic acids is 1. The maximum atomic E-state index is 12.1. The molecule has 2 N–H and O–H groups in total. The smallest absolute Gasteiger partial charge is 0.310 e. The summed E-state index contributed by atoms with van der Waals surface area (Å²) in [5, 5.41) is 15.6. The Bertz CT molecular complexity index is 797. The molecular weight excluding hydrogens is 310 g/mol. The Balaban J connectivity index is 2.14. The molecule has 1 aromatic carbocycles. The van der Waals surface area contributed by atoms with Gasteiger partial charge in [-0.05, 0) is 25.5 Å². The Kier molecular flexibility index (Phi) is 5.13. The maximum Gasteiger partial charge on any atom is 0.310 e. The van der Waals surface area contributed by atoms with Crippen LogP contribution in [0.3, 0.4) is 0 Å². The summed E-state index contributed by atoms with van der Waals surface area (Å²) in [5.41, 5.74) is -0.460. The summed E-state index contributed by atoms with van der Waals surface area (Å²) in [6.07, 6.45) is 0. The number of amides is 1. The molecule has 1 heterocycles. The zero-order valence-electron chi connectivity index (χ0n) is 13.5. The molecule has 7 heteroatoms. The highest BCUT2D eigenvalue weighted by molar-refractivity contribution is 5.92. The number of carbonyl (C=O) groups excluding carboxylic acids is 1. The van der Waals surface area contributed by atoms with Crippen molar-refractivity contribution in [3.63, 3.8) is 0 Å². The number of aromatic nitrogens is 2. The summed E-state index contributed by atoms with van der Waals surface area (Å²) in [4.78, 5) is 35.1. The molecule has 0 saturated heterocycles. The summed E-state index contributed by atoms with van der Waals surface area (Å²) in [5.74, 6) is -1.53. The largest absolute Gasteiger partial charge is 0.481 e. The van der Waals surface area contributed by atoms with E-state index in [1.165, 1.54) is 30.7 Å². The molecule has 0 aliphatic carbocycles. The van der Waals surface area contributed by atoms with E-state index < -0.39 is 17.3 Å². The minimum Gasteiger partial charge on any atom is -0.481 e. The number of hydrogen-bond donors (Lipinski definition) is 2. The molecule has 1 aromatic heterocycles. The van der Waals surface area contributed by atoms with Crippen molar-refractivity contribution >= 4 is 11.9 Å². The van der Waals surface area contributed by atoms with E-state index in [2.05, 4.69) is 10.4 Å². The van der Waals surface area contributed by atoms with Gasteiger partial charge < -0.3 is 10.4 Å². The Labute approximate surface area is 138 Å². The van der Waals surface area contributed by atoms with E-state index in [9.17, 15) is 14.4 Å². The van der Waals surface area contributed by atoms with E-state index >= 15 is 0 Å². The number of carboxylic acid groups (broad SMARTS) is 1. The lowest BCUT2D eigenvalue weighted by molar-refractivity contribution is -0.146. The fraction of sp³-hybridized carbons (Fsp3) is 0.294. The fourth-order valence-electron chi connectivity index (χ4n) is 1.91. The molecule has 2 aromatic rings. The monoisotopic (exact) mass is 329 g/mol. The molecule has 0 bridgehead atoms. The number of benzene rings is 1. The Morgan fingerprint density at radius 2 is 1.83 bits per heavy atom. The SMILES string of the molecule is CC(C)(CNC(=O)c1ccc(=O)n(Cc2ccccc2)n1)C(=O)O. The van der Waals surface area contributed by atoms with Crippen LogP contribution in [0.1, 0.15) is 29.9 Å². The molecule has 1 amide bonds. The van der Waals surface area contributed by atoms with Crippen molar-refractivity contribution in [3.8, 4) is 0 Å². The van der Waals surface area contributed by atoms with Crippen molar-refractivity contribution in [1.82, 2.24) is 15.1 Å². The predicted molar refractivity (Wildman–Crippen MR) is 87.8 cm³/mol. The molecule has 0 unspecified atom stereocenters. The highest BCUT2D eigenvalue weighted by Crippen LogP contribution is 2.13. The van der Waals surface area contributed by atoms with Gasteiger partial charge in [-0.25, -0.2) is 4.68 Å². The van der Waals surface area contributed by atoms with Crippen molar-refractivity contribution in [3.05, 3.63) is 64.1 Å². The fourth-order valence-corrected chi connectivity index (χ4v) is 1.91. The van der Waals surface area contributed by atoms with Gasteiger partial charge in [0.05, 0.1) is 12.0 Å². The number of carbonyl (C=O) groups is 2. The van der Waals surface area contributed by atoms with E-state index in [4.69, 9.17) is 5.11 Å². The maximum absolute atomic E-state index is 12.1. The predicted octanol–water partition coefficient (Wildman–Crippen LogP) is 1.13. The second kappa shape index (κ2) is 7.08. The Morgan fingerprint density at radius 3 is 2.46 bits per heavy atom. The average molecular weight is 329 g/mol. The lowest BCUT2D eigenvalue weighted by atomic mass is 9.94. The van der Waals surface area contributed by atoms with Crippen LogP contribution < -0.4 is 10.9 Å². The van der Waals surface area contributed by atoms with Crippen LogP contribution in [0.4, 0.5) is 0 Å². The van der Waals surface area contributed by atoms with Gasteiger partial charge in [0.2, 0.25) is 0 Å². The summed E-state index contributed by atoms with van der Waals surface area (Å²) < 4.78 is 1.20. The lowest BCUT2D eigenvalue weighted by Gasteiger charge is -2.19. The van der Waals surface area contributed by atoms with Crippen LogP contribution in [0.5, 0.6) is 0 Å². The van der Waals surface area contributed by atoms with Gasteiger partial charge in [0.15, 0.2) is 0 Å². The zero-order chi connectivity index (χ0) is 17.7. The highest BCUT2D eigenvalue weighted by Gasteiger charge is 2.28. The number of hydrogen-bond acceptors (Lipinski definition) is 4. The topological polar surface area (TPSA) is 101 Å². The van der Waals surface area contributed by atoms with Crippen LogP contribution >= 0.6 is 0 Å². The first-order valence-corrected chi connectivity index (χ1v) is 7.43. The van der Waals surface area contributed by atoms with Crippen LogP contribution in [0.2, 0.25) is 0 Å². The Morgan fingerprint density at radius 1 is 1.17 bits per heavy atom. The van der Waals surface area contributed by atoms with Crippen LogP contribution in [-0.4, -0.2) is 33.3 Å². The number of nitrogens with one attached hydrogen (secondary N) is 1. The second-order valence-electron chi connectivity index (χ2n) is 6.07. The first kappa shape index (κ1) is 17.4. The third kappa shape index (κ3) is 4.28. The standard InChI is InChI=1S/C17H19N3O4/c1-17(2,16(23)24)11-18-15(22)13-8-9-14(21)20(19-13)10-12-6-4-3-5-7-12/h3-9H,10-11H2,1-2H3,(H,18,22)(H,23,24). The van der Waals surface area contributed by atoms with Gasteiger partial charge in [-0.1, -0.05) is 30.3 Å². The van der Waals surface area contributed by atoms with Gasteiger partial charge in [0, 0.05) is 12.6 Å². The van der Waals surface area contributed by atoms with Crippen molar-refractivity contribution in [2.75, 3.05) is 6.54 Å². The van der Waals surface area contributed by atoms with E-state index in [1.807, 2.05) is 30.3 Å². The molecule has 0 atom stereocenters. The molecule has 2 rings (SSSR count). The van der Waals surface area contributed by atoms with E-state index in [0.29, 0.717) is 0 Å². The Hall–Kier alpha value is -2.96. The van der Waals surface area contributed by atoms with Crippen LogP contribution in [0.15, 0.2) is 47.3 Å². The summed E-state index contributed by atoms with van der Waals surface area (Å²) in [7, 11) is 0. The number of nitrogens with zero attached hydrogens (tertiary/aromatic N) is 2. The van der Waals surface area contributed by atoms with E-state index in [-0.39, 0.29) is 24.3 Å². The first-order valence-electron chi connectivity index (χ1n) is 7.43. The van der Waals surface area contributed by atoms with Gasteiger partial charge in [0.25, 0.3) is 11.5 Å². The summed E-state index contributed by atoms with van der Waals surface area (Å²) >= 11 is 0. The number of carboxylic acids is 1. The van der Waals surface area contributed by atoms with E-state index in [1.54, 1.807) is 0 Å². The number of rotatable bonds is 6. The molecule has 0 saturated carbocycles. The molecule has 0 radical (unpaired) electrons. The first-order chi connectivity index (χ1) is 11.3. The average Bonchev–Trinajstić information content (AvgIpc) is 2.55. The summed E-state index contributed by atoms with van der Waals surface area (Å²) in [6.45, 7) is 3.24. The van der Waals surface area contributed by atoms with E-state index in [0.717, 1.165) is 5.56 Å². The molecule has 24 heavy (non-hydrogen) atoms. The molecule has 0 spiro atoms. The van der Waals surface area contributed by atoms with Crippen molar-refractivity contribution < 1.29 is 14.7 Å². The van der Waals surface area contributed by atoms with Crippen molar-refractivity contribution in [1.29, 1.82) is 0 Å². The minimum atomic E-state index is -1.09. The van der Waals surface area contributed by atoms with Crippen molar-refractivity contribution in [2.45, 2.75) is 20.4 Å². The van der Waals surface area contributed by atoms with Gasteiger partial charge in [-0.2, -0.15) is 5.10 Å². The van der Waals surface area contributed by atoms with Crippen molar-refractivity contribution in [2.24, 2.45) is 5.41 Å². The second-order valence-corrected chi connectivity index (χ2v) is 6.07. The molecule has 7 nitrogen and oxygen atoms in total. The molecular formula is C17H19N3O4. The van der Waals surface area contributed by atoms with Gasteiger partial charge >= 0.3 is 5.97 Å². The summed E-state index contributed by atoms with van der Waals surface area (Å²) in [6, 6.07) is 11.9. The molecule has 0 aliphatic rings. The minimum absolute atomic E-state index is 0.0410. The third-order valence-electron chi connectivity index (χ3n) is 3.54. The van der Waals surface area contributed by atoms with Crippen LogP contribution in [0, 0.1) is 5.41 Å². The van der Waals surface area contributed by atoms with Gasteiger partial charge in [-0.15, -0.1) is 0 Å². The molecule has 0 fully saturated rings.